The van der Waals surface area contributed by atoms with Crippen molar-refractivity contribution in [1.29, 1.82) is 0 Å². The van der Waals surface area contributed by atoms with Crippen molar-refractivity contribution in [2.24, 2.45) is 0 Å². The predicted octanol–water partition coefficient (Wildman–Crippen LogP) is 15.7. The molecule has 0 bridgehead atoms. The molecule has 10 aromatic carbocycles. The highest BCUT2D eigenvalue weighted by molar-refractivity contribution is 6.90. The van der Waals surface area contributed by atoms with E-state index < -0.39 is 0 Å². The maximum Gasteiger partial charge on any atom is 0.333 e. The van der Waals surface area contributed by atoms with Crippen LogP contribution in [-0.4, -0.2) is 11.3 Å². The van der Waals surface area contributed by atoms with Gasteiger partial charge in [-0.3, -0.25) is 0 Å². The number of hydrogen-bond donors (Lipinski definition) is 0. The maximum absolute atomic E-state index is 2.75. The lowest BCUT2D eigenvalue weighted by Gasteiger charge is -2.42. The topological polar surface area (TPSA) is 8.17 Å². The van der Waals surface area contributed by atoms with E-state index in [1.165, 1.54) is 137 Å². The van der Waals surface area contributed by atoms with Gasteiger partial charge in [0.1, 0.15) is 0 Å². The molecule has 2 aliphatic rings. The summed E-state index contributed by atoms with van der Waals surface area (Å²) in [6.07, 6.45) is 0. The number of nitrogens with zero attached hydrogens (tertiary/aromatic N) is 2. The maximum atomic E-state index is 2.75. The fourth-order valence-corrected chi connectivity index (χ4v) is 11.8. The zero-order valence-corrected chi connectivity index (χ0v) is 38.6. The van der Waals surface area contributed by atoms with Crippen LogP contribution in [0.4, 0.5) is 17.1 Å². The average Bonchev–Trinajstić information content (AvgIpc) is 3.67. The van der Waals surface area contributed by atoms with Crippen LogP contribution in [0, 0.1) is 13.8 Å². The molecule has 3 heterocycles. The first-order chi connectivity index (χ1) is 31.3. The largest absolute Gasteiger partial charge is 0.375 e. The molecule has 0 amide bonds. The Morgan fingerprint density at radius 3 is 1.68 bits per heavy atom. The van der Waals surface area contributed by atoms with Crippen molar-refractivity contribution in [3.8, 4) is 22.3 Å². The molecule has 0 aliphatic carbocycles. The molecule has 0 spiro atoms. The SMILES string of the molecule is Cc1c2ccccc2c(C)c2cc3c(cc12)B1c2c(cc(-c4ccccc4)cc2N3c2cc(C(C)(C)C)cc(C(C)(C)C)c2)-c2cc3ccccc3c3c4c5ccccc5ccc4n1c23. The third kappa shape index (κ3) is 5.36. The van der Waals surface area contributed by atoms with Gasteiger partial charge in [0.15, 0.2) is 0 Å². The molecule has 11 aromatic rings. The average molecular weight is 835 g/mol. The number of hydrogen-bond acceptors (Lipinski definition) is 1. The highest BCUT2D eigenvalue weighted by atomic mass is 15.2. The Labute approximate surface area is 381 Å². The molecule has 2 aliphatic heterocycles. The summed E-state index contributed by atoms with van der Waals surface area (Å²) in [5.41, 5.74) is 19.3. The highest BCUT2D eigenvalue weighted by Gasteiger charge is 2.44. The third-order valence-electron chi connectivity index (χ3n) is 15.2. The number of rotatable bonds is 2. The van der Waals surface area contributed by atoms with Gasteiger partial charge in [0.2, 0.25) is 0 Å². The van der Waals surface area contributed by atoms with Gasteiger partial charge in [0.25, 0.3) is 0 Å². The van der Waals surface area contributed by atoms with Gasteiger partial charge in [0.05, 0.1) is 0 Å². The lowest BCUT2D eigenvalue weighted by molar-refractivity contribution is 0.569. The van der Waals surface area contributed by atoms with E-state index in [1.54, 1.807) is 0 Å². The number of benzene rings is 10. The fourth-order valence-electron chi connectivity index (χ4n) is 11.8. The van der Waals surface area contributed by atoms with E-state index in [-0.39, 0.29) is 17.7 Å². The zero-order chi connectivity index (χ0) is 44.3. The molecule has 312 valence electrons. The van der Waals surface area contributed by atoms with Gasteiger partial charge in [-0.25, -0.2) is 0 Å². The monoisotopic (exact) mass is 834 g/mol. The molecule has 0 atom stereocenters. The van der Waals surface area contributed by atoms with Gasteiger partial charge < -0.3 is 9.38 Å². The van der Waals surface area contributed by atoms with Gasteiger partial charge in [-0.1, -0.05) is 163 Å². The van der Waals surface area contributed by atoms with Crippen molar-refractivity contribution < 1.29 is 0 Å². The van der Waals surface area contributed by atoms with E-state index in [1.807, 2.05) is 0 Å². The van der Waals surface area contributed by atoms with Crippen molar-refractivity contribution in [2.75, 3.05) is 4.90 Å². The molecule has 1 aromatic heterocycles. The van der Waals surface area contributed by atoms with Crippen molar-refractivity contribution >= 4 is 99.7 Å². The second-order valence-corrected chi connectivity index (χ2v) is 21.0. The second kappa shape index (κ2) is 13.2. The summed E-state index contributed by atoms with van der Waals surface area (Å²) in [6, 6.07) is 63.0. The van der Waals surface area contributed by atoms with Crippen molar-refractivity contribution in [2.45, 2.75) is 66.2 Å². The Kier molecular flexibility index (Phi) is 7.82. The normalized spacial score (nSPS) is 13.5. The van der Waals surface area contributed by atoms with E-state index in [4.69, 9.17) is 0 Å². The van der Waals surface area contributed by atoms with E-state index in [0.29, 0.717) is 0 Å². The summed E-state index contributed by atoms with van der Waals surface area (Å²) in [7, 11) is 0. The van der Waals surface area contributed by atoms with Crippen LogP contribution in [0.2, 0.25) is 0 Å². The smallest absolute Gasteiger partial charge is 0.333 e. The van der Waals surface area contributed by atoms with Crippen LogP contribution in [0.1, 0.15) is 63.8 Å². The minimum Gasteiger partial charge on any atom is -0.375 e. The molecule has 0 fully saturated rings. The fraction of sp³-hybridized carbons (Fsp3) is 0.161. The van der Waals surface area contributed by atoms with E-state index in [2.05, 4.69) is 229 Å². The molecule has 3 heteroatoms. The summed E-state index contributed by atoms with van der Waals surface area (Å²) >= 11 is 0. The molecular weight excluding hydrogens is 784 g/mol. The van der Waals surface area contributed by atoms with Gasteiger partial charge in [0, 0.05) is 44.4 Å². The first-order valence-corrected chi connectivity index (χ1v) is 23.4. The van der Waals surface area contributed by atoms with Crippen molar-refractivity contribution in [1.82, 2.24) is 4.48 Å². The van der Waals surface area contributed by atoms with Gasteiger partial charge >= 0.3 is 6.85 Å². The zero-order valence-electron chi connectivity index (χ0n) is 38.6. The summed E-state index contributed by atoms with van der Waals surface area (Å²) in [5, 5.41) is 13.1. The van der Waals surface area contributed by atoms with E-state index in [9.17, 15) is 0 Å². The summed E-state index contributed by atoms with van der Waals surface area (Å²) in [4.78, 5) is 2.66. The Bertz CT molecular complexity index is 3840. The Hall–Kier alpha value is -7.10. The van der Waals surface area contributed by atoms with Crippen LogP contribution >= 0.6 is 0 Å². The molecule has 13 rings (SSSR count). The Morgan fingerprint density at radius 2 is 1.02 bits per heavy atom. The lowest BCUT2D eigenvalue weighted by Crippen LogP contribution is -2.56. The molecule has 0 saturated heterocycles. The molecule has 0 radical (unpaired) electrons. The summed E-state index contributed by atoms with van der Waals surface area (Å²) in [6.45, 7) is 18.7. The lowest BCUT2D eigenvalue weighted by atomic mass is 9.44. The molecule has 0 N–H and O–H groups in total. The molecular formula is C62H51BN2. The van der Waals surface area contributed by atoms with Crippen molar-refractivity contribution in [3.05, 3.63) is 186 Å². The Morgan fingerprint density at radius 1 is 0.431 bits per heavy atom. The van der Waals surface area contributed by atoms with E-state index in [0.717, 1.165) is 0 Å². The van der Waals surface area contributed by atoms with Gasteiger partial charge in [-0.15, -0.1) is 0 Å². The van der Waals surface area contributed by atoms with Crippen LogP contribution in [0.5, 0.6) is 0 Å². The summed E-state index contributed by atoms with van der Waals surface area (Å²) < 4.78 is 2.75. The quantitative estimate of drug-likeness (QED) is 0.124. The number of fused-ring (bicyclic) bond motifs is 13. The number of anilines is 3. The third-order valence-corrected chi connectivity index (χ3v) is 15.2. The number of aromatic nitrogens is 1. The highest BCUT2D eigenvalue weighted by Crippen LogP contribution is 2.51. The van der Waals surface area contributed by atoms with Gasteiger partial charge in [-0.05, 0) is 160 Å². The molecule has 0 saturated carbocycles. The minimum absolute atomic E-state index is 0.0586. The molecule has 65 heavy (non-hydrogen) atoms. The Balaban J connectivity index is 1.27. The molecule has 0 unspecified atom stereocenters. The minimum atomic E-state index is -0.0886. The second-order valence-electron chi connectivity index (χ2n) is 21.0. The number of aryl methyl sites for hydroxylation is 2. The van der Waals surface area contributed by atoms with Crippen molar-refractivity contribution in [3.63, 3.8) is 0 Å². The first kappa shape index (κ1) is 38.4. The first-order valence-electron chi connectivity index (χ1n) is 23.4. The molecule has 2 nitrogen and oxygen atoms in total. The van der Waals surface area contributed by atoms with Crippen LogP contribution in [0.25, 0.3) is 87.1 Å². The van der Waals surface area contributed by atoms with Gasteiger partial charge in [-0.2, -0.15) is 0 Å². The standard InChI is InChI=1S/C62H51BN2/c1-36-45-22-16-17-23-46(45)37(2)50-35-55-53(34-49(36)50)63-59-51(52-28-40-21-13-15-25-48(40)58-57-47-24-14-12-20-39(47)26-27-54(57)65(63)60(52)58)29-41(38-18-10-9-11-19-38)30-56(59)64(55)44-32-42(61(3,4)5)31-43(33-44)62(6,7)8/h9-35H,1-8H3. The van der Waals surface area contributed by atoms with E-state index >= 15 is 0 Å². The predicted molar refractivity (Wildman–Crippen MR) is 282 cm³/mol. The van der Waals surface area contributed by atoms with Crippen LogP contribution in [-0.2, 0) is 10.8 Å². The summed E-state index contributed by atoms with van der Waals surface area (Å²) in [5.74, 6) is 0. The van der Waals surface area contributed by atoms with Crippen LogP contribution in [0.15, 0.2) is 164 Å². The van der Waals surface area contributed by atoms with Crippen LogP contribution in [0.3, 0.4) is 0 Å². The van der Waals surface area contributed by atoms with Crippen LogP contribution < -0.4 is 15.8 Å².